The van der Waals surface area contributed by atoms with Gasteiger partial charge in [-0.2, -0.15) is 0 Å². The van der Waals surface area contributed by atoms with Crippen molar-refractivity contribution < 1.29 is 18.8 Å². The Balaban J connectivity index is 1.47. The number of hydrogen-bond donors (Lipinski definition) is 0. The number of thioether (sulfide) groups is 1. The van der Waals surface area contributed by atoms with E-state index in [4.69, 9.17) is 9.47 Å². The van der Waals surface area contributed by atoms with Crippen molar-refractivity contribution in [2.75, 3.05) is 18.8 Å². The fourth-order valence-electron chi connectivity index (χ4n) is 6.99. The number of benzene rings is 2. The Kier molecular flexibility index (Phi) is 7.06. The maximum atomic E-state index is 14.3. The second-order valence-corrected chi connectivity index (χ2v) is 11.8. The maximum absolute atomic E-state index is 14.3. The minimum absolute atomic E-state index is 0.0288. The van der Waals surface area contributed by atoms with Gasteiger partial charge in [0.15, 0.2) is 0 Å². The average Bonchev–Trinajstić information content (AvgIpc) is 3.40. The van der Waals surface area contributed by atoms with Crippen molar-refractivity contribution in [1.29, 1.82) is 0 Å². The first-order valence-electron chi connectivity index (χ1n) is 13.1. The molecule has 3 fully saturated rings. The molecule has 2 bridgehead atoms. The molecule has 0 aromatic heterocycles. The Bertz CT molecular complexity index is 904. The number of esters is 1. The first-order valence-corrected chi connectivity index (χ1v) is 14.1. The zero-order chi connectivity index (χ0) is 23.6. The van der Waals surface area contributed by atoms with E-state index in [1.165, 1.54) is 43.3 Å². The van der Waals surface area contributed by atoms with E-state index in [0.717, 1.165) is 29.7 Å². The number of hydrogen-bond acceptors (Lipinski definition) is 4. The summed E-state index contributed by atoms with van der Waals surface area (Å²) in [5.74, 6) is 0.648. The zero-order valence-corrected chi connectivity index (χ0v) is 21.3. The molecule has 2 aromatic rings. The van der Waals surface area contributed by atoms with Crippen LogP contribution in [0.1, 0.15) is 63.5 Å². The summed E-state index contributed by atoms with van der Waals surface area (Å²) in [6.07, 6.45) is 7.21. The van der Waals surface area contributed by atoms with Crippen molar-refractivity contribution in [3.63, 3.8) is 0 Å². The summed E-state index contributed by atoms with van der Waals surface area (Å²) < 4.78 is 14.4. The molecule has 0 radical (unpaired) electrons. The highest BCUT2D eigenvalue weighted by atomic mass is 32.2. The Morgan fingerprint density at radius 3 is 2.00 bits per heavy atom. The third-order valence-corrected chi connectivity index (χ3v) is 9.32. The van der Waals surface area contributed by atoms with Crippen LogP contribution in [0.3, 0.4) is 0 Å². The van der Waals surface area contributed by atoms with Gasteiger partial charge in [0.25, 0.3) is 0 Å². The monoisotopic (exact) mass is 480 g/mol. The van der Waals surface area contributed by atoms with E-state index in [1.807, 2.05) is 67.6 Å². The van der Waals surface area contributed by atoms with Crippen molar-refractivity contribution in [3.8, 4) is 0 Å². The molecule has 0 aliphatic carbocycles. The van der Waals surface area contributed by atoms with E-state index in [-0.39, 0.29) is 17.5 Å². The third kappa shape index (κ3) is 4.20. The van der Waals surface area contributed by atoms with Gasteiger partial charge in [-0.1, -0.05) is 67.6 Å². The number of carbonyl (C=O) groups excluding carboxylic acids is 1. The standard InChI is InChI=1S/C29H38NO3S/c1-3-34-22(2)33-29(23-12-6-4-7-13-23,24-14-8-5-9-15-24)28(31)32-27-20-25-16-17-26(21-27)30(25)18-10-11-19-30/h4-9,12-15,22,25-27H,3,10-11,16-21H2,1-2H3/q+1. The van der Waals surface area contributed by atoms with Gasteiger partial charge in [-0.3, -0.25) is 0 Å². The molecule has 0 N–H and O–H groups in total. The molecule has 5 rings (SSSR count). The molecule has 3 atom stereocenters. The molecule has 2 aromatic carbocycles. The Morgan fingerprint density at radius 1 is 0.971 bits per heavy atom. The van der Waals surface area contributed by atoms with Crippen molar-refractivity contribution in [1.82, 2.24) is 0 Å². The number of ether oxygens (including phenoxy) is 2. The number of rotatable bonds is 8. The SMILES string of the molecule is CCSC(C)OC(C(=O)OC1CC2CCC(C1)[N+]21CCCC1)(c1ccccc1)c1ccccc1. The van der Waals surface area contributed by atoms with Crippen LogP contribution < -0.4 is 0 Å². The number of piperidine rings is 1. The molecule has 1 spiro atoms. The topological polar surface area (TPSA) is 35.5 Å². The van der Waals surface area contributed by atoms with Crippen LogP contribution in [0.5, 0.6) is 0 Å². The second-order valence-electron chi connectivity index (χ2n) is 10.2. The second kappa shape index (κ2) is 10.0. The number of carbonyl (C=O) groups is 1. The Hall–Kier alpha value is -1.82. The molecule has 4 nitrogen and oxygen atoms in total. The molecule has 182 valence electrons. The van der Waals surface area contributed by atoms with Crippen LogP contribution in [0, 0.1) is 0 Å². The summed E-state index contributed by atoms with van der Waals surface area (Å²) >= 11 is 1.70. The van der Waals surface area contributed by atoms with Gasteiger partial charge >= 0.3 is 5.97 Å². The lowest BCUT2D eigenvalue weighted by atomic mass is 9.85. The summed E-state index contributed by atoms with van der Waals surface area (Å²) in [6.45, 7) is 6.79. The predicted molar refractivity (Wildman–Crippen MR) is 137 cm³/mol. The first-order chi connectivity index (χ1) is 16.6. The van der Waals surface area contributed by atoms with E-state index >= 15 is 0 Å². The summed E-state index contributed by atoms with van der Waals surface area (Å²) in [5, 5.41) is 0. The summed E-state index contributed by atoms with van der Waals surface area (Å²) in [6, 6.07) is 21.1. The predicted octanol–water partition coefficient (Wildman–Crippen LogP) is 5.89. The lowest BCUT2D eigenvalue weighted by Crippen LogP contribution is -2.60. The molecular weight excluding hydrogens is 442 g/mol. The highest BCUT2D eigenvalue weighted by molar-refractivity contribution is 7.99. The molecule has 5 heteroatoms. The fraction of sp³-hybridized carbons (Fsp3) is 0.552. The van der Waals surface area contributed by atoms with Crippen LogP contribution >= 0.6 is 11.8 Å². The van der Waals surface area contributed by atoms with E-state index in [0.29, 0.717) is 12.1 Å². The quantitative estimate of drug-likeness (QED) is 0.268. The minimum Gasteiger partial charge on any atom is -0.459 e. The molecule has 0 saturated carbocycles. The number of nitrogens with zero attached hydrogens (tertiary/aromatic N) is 1. The molecular formula is C29H38NO3S+. The van der Waals surface area contributed by atoms with E-state index < -0.39 is 5.60 Å². The van der Waals surface area contributed by atoms with Gasteiger partial charge in [-0.15, -0.1) is 11.8 Å². The highest BCUT2D eigenvalue weighted by Crippen LogP contribution is 2.47. The third-order valence-electron chi connectivity index (χ3n) is 8.42. The lowest BCUT2D eigenvalue weighted by molar-refractivity contribution is -0.956. The Labute approximate surface area is 208 Å². The van der Waals surface area contributed by atoms with E-state index in [9.17, 15) is 4.79 Å². The van der Waals surface area contributed by atoms with Gasteiger partial charge in [-0.25, -0.2) is 4.79 Å². The maximum Gasteiger partial charge on any atom is 0.348 e. The molecule has 3 unspecified atom stereocenters. The van der Waals surface area contributed by atoms with Crippen molar-refractivity contribution in [3.05, 3.63) is 71.8 Å². The Morgan fingerprint density at radius 2 is 1.50 bits per heavy atom. The molecule has 3 aliphatic heterocycles. The van der Waals surface area contributed by atoms with Gasteiger partial charge in [-0.05, 0) is 23.8 Å². The molecule has 3 saturated heterocycles. The molecule has 3 heterocycles. The van der Waals surface area contributed by atoms with Gasteiger partial charge in [0.1, 0.15) is 11.5 Å². The van der Waals surface area contributed by atoms with Gasteiger partial charge < -0.3 is 14.0 Å². The summed E-state index contributed by atoms with van der Waals surface area (Å²) in [5.41, 5.74) is 0.229. The fourth-order valence-corrected chi connectivity index (χ4v) is 7.67. The van der Waals surface area contributed by atoms with Crippen LogP contribution in [0.25, 0.3) is 0 Å². The molecule has 34 heavy (non-hydrogen) atoms. The highest BCUT2D eigenvalue weighted by Gasteiger charge is 2.57. The van der Waals surface area contributed by atoms with E-state index in [2.05, 4.69) is 6.92 Å². The van der Waals surface area contributed by atoms with Gasteiger partial charge in [0.05, 0.1) is 25.2 Å². The van der Waals surface area contributed by atoms with Crippen molar-refractivity contribution >= 4 is 17.7 Å². The van der Waals surface area contributed by atoms with Gasteiger partial charge in [0, 0.05) is 38.5 Å². The van der Waals surface area contributed by atoms with Crippen LogP contribution in [0.2, 0.25) is 0 Å². The van der Waals surface area contributed by atoms with Gasteiger partial charge in [0.2, 0.25) is 5.60 Å². The first kappa shape index (κ1) is 23.9. The van der Waals surface area contributed by atoms with Crippen LogP contribution in [0.15, 0.2) is 60.7 Å². The molecule has 0 amide bonds. The van der Waals surface area contributed by atoms with Crippen molar-refractivity contribution in [2.24, 2.45) is 0 Å². The smallest absolute Gasteiger partial charge is 0.348 e. The normalized spacial score (nSPS) is 26.5. The summed E-state index contributed by atoms with van der Waals surface area (Å²) in [4.78, 5) is 14.3. The summed E-state index contributed by atoms with van der Waals surface area (Å²) in [7, 11) is 0. The minimum atomic E-state index is -1.28. The average molecular weight is 481 g/mol. The lowest BCUT2D eigenvalue weighted by Gasteiger charge is -2.47. The van der Waals surface area contributed by atoms with Crippen LogP contribution in [0.4, 0.5) is 0 Å². The van der Waals surface area contributed by atoms with Crippen LogP contribution in [-0.2, 0) is 19.9 Å². The molecule has 3 aliphatic rings. The van der Waals surface area contributed by atoms with Crippen molar-refractivity contribution in [2.45, 2.75) is 81.6 Å². The van der Waals surface area contributed by atoms with E-state index in [1.54, 1.807) is 11.8 Å². The largest absolute Gasteiger partial charge is 0.459 e. The van der Waals surface area contributed by atoms with Crippen LogP contribution in [-0.4, -0.2) is 52.9 Å². The number of quaternary nitrogens is 1. The zero-order valence-electron chi connectivity index (χ0n) is 20.5.